The molecule has 2 aromatic carbocycles. The van der Waals surface area contributed by atoms with Gasteiger partial charge in [0.25, 0.3) is 0 Å². The van der Waals surface area contributed by atoms with Crippen molar-refractivity contribution in [2.24, 2.45) is 0 Å². The molecule has 0 saturated carbocycles. The van der Waals surface area contributed by atoms with Crippen LogP contribution in [0.1, 0.15) is 0 Å². The summed E-state index contributed by atoms with van der Waals surface area (Å²) in [6, 6.07) is 22.7. The zero-order chi connectivity index (χ0) is 15.6. The molecule has 0 aliphatic rings. The smallest absolute Gasteiger partial charge is 0.0746 e. The van der Waals surface area contributed by atoms with Gasteiger partial charge in [-0.3, -0.25) is 4.98 Å². The Hall–Kier alpha value is -2.52. The number of fused-ring (bicyclic) bond motifs is 1. The number of benzene rings is 2. The van der Waals surface area contributed by atoms with Crippen LogP contribution >= 0.6 is 15.9 Å². The molecule has 0 N–H and O–H groups in total. The Morgan fingerprint density at radius 1 is 0.783 bits per heavy atom. The molecule has 0 aliphatic heterocycles. The molecular formula is C20H13BrN2. The van der Waals surface area contributed by atoms with Crippen LogP contribution < -0.4 is 0 Å². The number of hydrogen-bond donors (Lipinski definition) is 0. The Labute approximate surface area is 143 Å². The fourth-order valence-electron chi connectivity index (χ4n) is 2.72. The van der Waals surface area contributed by atoms with Gasteiger partial charge in [0.2, 0.25) is 0 Å². The third kappa shape index (κ3) is 2.76. The molecule has 2 nitrogen and oxygen atoms in total. The number of rotatable bonds is 2. The Balaban J connectivity index is 2.02. The summed E-state index contributed by atoms with van der Waals surface area (Å²) in [5.41, 5.74) is 5.33. The van der Waals surface area contributed by atoms with Gasteiger partial charge in [-0.25, -0.2) is 4.98 Å². The second-order valence-electron chi connectivity index (χ2n) is 5.32. The summed E-state index contributed by atoms with van der Waals surface area (Å²) in [7, 11) is 0. The molecule has 4 aromatic rings. The van der Waals surface area contributed by atoms with E-state index in [2.05, 4.69) is 51.2 Å². The van der Waals surface area contributed by atoms with Gasteiger partial charge in [-0.1, -0.05) is 58.4 Å². The highest BCUT2D eigenvalue weighted by atomic mass is 79.9. The van der Waals surface area contributed by atoms with Crippen molar-refractivity contribution in [3.8, 4) is 22.4 Å². The predicted octanol–water partition coefficient (Wildman–Crippen LogP) is 5.73. The summed E-state index contributed by atoms with van der Waals surface area (Å²) in [6.45, 7) is 0. The zero-order valence-corrected chi connectivity index (χ0v) is 13.9. The normalized spacial score (nSPS) is 10.8. The minimum atomic E-state index is 0.955. The number of halogens is 1. The van der Waals surface area contributed by atoms with Crippen LogP contribution in [0.15, 0.2) is 83.6 Å². The van der Waals surface area contributed by atoms with Crippen molar-refractivity contribution < 1.29 is 0 Å². The van der Waals surface area contributed by atoms with E-state index in [9.17, 15) is 0 Å². The molecule has 0 radical (unpaired) electrons. The highest BCUT2D eigenvalue weighted by Gasteiger charge is 2.09. The third-order valence-corrected chi connectivity index (χ3v) is 4.31. The molecule has 0 amide bonds. The second kappa shape index (κ2) is 5.94. The van der Waals surface area contributed by atoms with E-state index in [1.165, 1.54) is 0 Å². The van der Waals surface area contributed by atoms with E-state index in [1.807, 2.05) is 42.6 Å². The maximum atomic E-state index is 4.80. The van der Waals surface area contributed by atoms with Gasteiger partial charge in [0.15, 0.2) is 0 Å². The Morgan fingerprint density at radius 2 is 1.61 bits per heavy atom. The number of nitrogens with zero attached hydrogens (tertiary/aromatic N) is 2. The van der Waals surface area contributed by atoms with E-state index in [4.69, 9.17) is 4.98 Å². The van der Waals surface area contributed by atoms with Crippen LogP contribution in [0, 0.1) is 0 Å². The van der Waals surface area contributed by atoms with Gasteiger partial charge in [0.1, 0.15) is 0 Å². The van der Waals surface area contributed by atoms with Crippen LogP contribution in [-0.4, -0.2) is 9.97 Å². The lowest BCUT2D eigenvalue weighted by molar-refractivity contribution is 1.32. The molecule has 0 saturated heterocycles. The number of pyridine rings is 2. The summed E-state index contributed by atoms with van der Waals surface area (Å²) < 4.78 is 1.06. The average molecular weight is 361 g/mol. The molecule has 0 atom stereocenters. The third-order valence-electron chi connectivity index (χ3n) is 3.82. The van der Waals surface area contributed by atoms with E-state index in [1.54, 1.807) is 6.20 Å². The molecule has 110 valence electrons. The highest BCUT2D eigenvalue weighted by molar-refractivity contribution is 9.10. The monoisotopic (exact) mass is 360 g/mol. The maximum absolute atomic E-state index is 4.80. The highest BCUT2D eigenvalue weighted by Crippen LogP contribution is 2.32. The fraction of sp³-hybridized carbons (Fsp3) is 0. The van der Waals surface area contributed by atoms with Gasteiger partial charge >= 0.3 is 0 Å². The van der Waals surface area contributed by atoms with E-state index >= 15 is 0 Å². The molecular weight excluding hydrogens is 348 g/mol. The molecule has 0 unspecified atom stereocenters. The second-order valence-corrected chi connectivity index (χ2v) is 6.24. The van der Waals surface area contributed by atoms with Crippen molar-refractivity contribution in [2.45, 2.75) is 0 Å². The van der Waals surface area contributed by atoms with Crippen LogP contribution in [0.2, 0.25) is 0 Å². The van der Waals surface area contributed by atoms with Crippen molar-refractivity contribution in [3.05, 3.63) is 83.6 Å². The number of aromatic nitrogens is 2. The average Bonchev–Trinajstić information content (AvgIpc) is 2.61. The molecule has 0 bridgehead atoms. The van der Waals surface area contributed by atoms with Gasteiger partial charge in [0.05, 0.1) is 11.2 Å². The minimum absolute atomic E-state index is 0.955. The quantitative estimate of drug-likeness (QED) is 0.456. The van der Waals surface area contributed by atoms with Crippen LogP contribution in [0.25, 0.3) is 33.3 Å². The Morgan fingerprint density at radius 3 is 2.43 bits per heavy atom. The molecule has 2 aromatic heterocycles. The summed E-state index contributed by atoms with van der Waals surface area (Å²) >= 11 is 3.56. The first-order valence-electron chi connectivity index (χ1n) is 7.37. The molecule has 3 heteroatoms. The largest absolute Gasteiger partial charge is 0.264 e. The van der Waals surface area contributed by atoms with Gasteiger partial charge in [-0.05, 0) is 35.4 Å². The van der Waals surface area contributed by atoms with Crippen LogP contribution in [-0.2, 0) is 0 Å². The lowest BCUT2D eigenvalue weighted by Crippen LogP contribution is -1.90. The van der Waals surface area contributed by atoms with E-state index in [0.717, 1.165) is 37.8 Å². The standard InChI is InChI=1S/C20H13BrN2/c21-16-8-4-7-15(11-16)17-12-20(14-5-2-1-3-6-14)23-19-9-10-22-13-18(17)19/h1-13H. The van der Waals surface area contributed by atoms with Crippen LogP contribution in [0.3, 0.4) is 0 Å². The van der Waals surface area contributed by atoms with Crippen molar-refractivity contribution in [2.75, 3.05) is 0 Å². The molecule has 4 rings (SSSR count). The van der Waals surface area contributed by atoms with Gasteiger partial charge in [0, 0.05) is 27.8 Å². The maximum Gasteiger partial charge on any atom is 0.0746 e. The zero-order valence-electron chi connectivity index (χ0n) is 12.3. The summed E-state index contributed by atoms with van der Waals surface area (Å²) in [6.07, 6.45) is 3.67. The van der Waals surface area contributed by atoms with E-state index in [0.29, 0.717) is 0 Å². The summed E-state index contributed by atoms with van der Waals surface area (Å²) in [4.78, 5) is 9.07. The van der Waals surface area contributed by atoms with Gasteiger partial charge in [-0.2, -0.15) is 0 Å². The summed E-state index contributed by atoms with van der Waals surface area (Å²) in [5, 5.41) is 1.06. The SMILES string of the molecule is Brc1cccc(-c2cc(-c3ccccc3)nc3ccncc23)c1. The van der Waals surface area contributed by atoms with Crippen LogP contribution in [0.5, 0.6) is 0 Å². The first kappa shape index (κ1) is 14.1. The minimum Gasteiger partial charge on any atom is -0.264 e. The number of hydrogen-bond acceptors (Lipinski definition) is 2. The van der Waals surface area contributed by atoms with E-state index in [-0.39, 0.29) is 0 Å². The van der Waals surface area contributed by atoms with E-state index < -0.39 is 0 Å². The van der Waals surface area contributed by atoms with Crippen molar-refractivity contribution in [3.63, 3.8) is 0 Å². The molecule has 2 heterocycles. The topological polar surface area (TPSA) is 25.8 Å². The molecule has 0 fully saturated rings. The van der Waals surface area contributed by atoms with Crippen LogP contribution in [0.4, 0.5) is 0 Å². The van der Waals surface area contributed by atoms with Crippen molar-refractivity contribution >= 4 is 26.8 Å². The lowest BCUT2D eigenvalue weighted by atomic mass is 9.99. The molecule has 0 spiro atoms. The summed E-state index contributed by atoms with van der Waals surface area (Å²) in [5.74, 6) is 0. The van der Waals surface area contributed by atoms with Crippen molar-refractivity contribution in [1.29, 1.82) is 0 Å². The lowest BCUT2D eigenvalue weighted by Gasteiger charge is -2.10. The first-order valence-corrected chi connectivity index (χ1v) is 8.17. The fourth-order valence-corrected chi connectivity index (χ4v) is 3.12. The first-order chi connectivity index (χ1) is 11.3. The molecule has 0 aliphatic carbocycles. The van der Waals surface area contributed by atoms with Crippen molar-refractivity contribution in [1.82, 2.24) is 9.97 Å². The Bertz CT molecular complexity index is 981. The Kier molecular flexibility index (Phi) is 3.64. The van der Waals surface area contributed by atoms with Gasteiger partial charge in [-0.15, -0.1) is 0 Å². The molecule has 23 heavy (non-hydrogen) atoms. The predicted molar refractivity (Wildman–Crippen MR) is 98.1 cm³/mol. The van der Waals surface area contributed by atoms with Gasteiger partial charge < -0.3 is 0 Å².